The van der Waals surface area contributed by atoms with Gasteiger partial charge in [0.05, 0.1) is 12.7 Å². The van der Waals surface area contributed by atoms with Crippen molar-refractivity contribution >= 4 is 11.7 Å². The molecular weight excluding hydrogens is 170 g/mol. The number of carbonyl (C=O) groups excluding carboxylic acids is 1. The molecule has 0 unspecified atom stereocenters. The van der Waals surface area contributed by atoms with E-state index < -0.39 is 5.91 Å². The largest absolute Gasteiger partial charge is 0.481 e. The molecule has 5 heteroatoms. The second-order valence-electron chi connectivity index (χ2n) is 2.61. The van der Waals surface area contributed by atoms with E-state index in [1.165, 1.54) is 7.11 Å². The highest BCUT2D eigenvalue weighted by Crippen LogP contribution is 2.19. The summed E-state index contributed by atoms with van der Waals surface area (Å²) in [7, 11) is 1.48. The summed E-state index contributed by atoms with van der Waals surface area (Å²) < 4.78 is 4.87. The summed E-state index contributed by atoms with van der Waals surface area (Å²) in [6.45, 7) is 1.72. The number of hydrogen-bond acceptors (Lipinski definition) is 4. The summed E-state index contributed by atoms with van der Waals surface area (Å²) in [6, 6.07) is 1.61. The van der Waals surface area contributed by atoms with Gasteiger partial charge >= 0.3 is 0 Å². The van der Waals surface area contributed by atoms with Crippen molar-refractivity contribution < 1.29 is 9.53 Å². The molecular formula is C8H11N3O2. The van der Waals surface area contributed by atoms with Crippen molar-refractivity contribution in [1.82, 2.24) is 4.98 Å². The number of ether oxygens (including phenoxy) is 1. The van der Waals surface area contributed by atoms with Gasteiger partial charge in [-0.1, -0.05) is 0 Å². The van der Waals surface area contributed by atoms with E-state index in [4.69, 9.17) is 16.2 Å². The molecule has 1 aromatic heterocycles. The van der Waals surface area contributed by atoms with E-state index in [1.807, 2.05) is 0 Å². The first-order valence-electron chi connectivity index (χ1n) is 3.67. The molecule has 0 atom stereocenters. The number of nitrogens with two attached hydrogens (primary N) is 2. The van der Waals surface area contributed by atoms with E-state index in [2.05, 4.69) is 4.98 Å². The second-order valence-corrected chi connectivity index (χ2v) is 2.61. The quantitative estimate of drug-likeness (QED) is 0.675. The zero-order valence-corrected chi connectivity index (χ0v) is 7.50. The van der Waals surface area contributed by atoms with Crippen molar-refractivity contribution in [2.45, 2.75) is 6.92 Å². The lowest BCUT2D eigenvalue weighted by atomic mass is 10.1. The predicted molar refractivity (Wildman–Crippen MR) is 48.5 cm³/mol. The van der Waals surface area contributed by atoms with Crippen molar-refractivity contribution in [1.29, 1.82) is 0 Å². The van der Waals surface area contributed by atoms with Crippen LogP contribution in [0.25, 0.3) is 0 Å². The van der Waals surface area contributed by atoms with Crippen LogP contribution in [0.15, 0.2) is 6.07 Å². The molecule has 4 N–H and O–H groups in total. The van der Waals surface area contributed by atoms with Gasteiger partial charge in [-0.2, -0.15) is 4.98 Å². The fourth-order valence-electron chi connectivity index (χ4n) is 1.09. The van der Waals surface area contributed by atoms with Crippen molar-refractivity contribution in [3.63, 3.8) is 0 Å². The number of nitrogen functional groups attached to an aromatic ring is 1. The van der Waals surface area contributed by atoms with Gasteiger partial charge in [-0.05, 0) is 12.5 Å². The van der Waals surface area contributed by atoms with Gasteiger partial charge in [0, 0.05) is 6.07 Å². The lowest BCUT2D eigenvalue weighted by molar-refractivity contribution is 0.100. The molecule has 0 aliphatic heterocycles. The van der Waals surface area contributed by atoms with Crippen LogP contribution in [0.4, 0.5) is 5.82 Å². The fourth-order valence-corrected chi connectivity index (χ4v) is 1.09. The van der Waals surface area contributed by atoms with Crippen LogP contribution in [0.2, 0.25) is 0 Å². The Morgan fingerprint density at radius 3 is 2.62 bits per heavy atom. The molecule has 0 bridgehead atoms. The Hall–Kier alpha value is -1.78. The first-order valence-corrected chi connectivity index (χ1v) is 3.67. The van der Waals surface area contributed by atoms with Crippen molar-refractivity contribution in [3.05, 3.63) is 17.2 Å². The Labute approximate surface area is 75.7 Å². The number of pyridine rings is 1. The number of anilines is 1. The lowest BCUT2D eigenvalue weighted by Gasteiger charge is -2.06. The minimum absolute atomic E-state index is 0.101. The summed E-state index contributed by atoms with van der Waals surface area (Å²) >= 11 is 0. The monoisotopic (exact) mass is 181 g/mol. The summed E-state index contributed by atoms with van der Waals surface area (Å²) in [5.74, 6) is -0.102. The SMILES string of the molecule is COc1cc(C)c(C(N)=O)c(N)n1. The van der Waals surface area contributed by atoms with E-state index in [-0.39, 0.29) is 11.4 Å². The maximum absolute atomic E-state index is 10.9. The third-order valence-corrected chi connectivity index (χ3v) is 1.68. The summed E-state index contributed by atoms with van der Waals surface area (Å²) in [5.41, 5.74) is 11.5. The van der Waals surface area contributed by atoms with Gasteiger partial charge in [-0.3, -0.25) is 4.79 Å². The van der Waals surface area contributed by atoms with Crippen LogP contribution in [0, 0.1) is 6.92 Å². The normalized spacial score (nSPS) is 9.69. The summed E-state index contributed by atoms with van der Waals surface area (Å²) in [6.07, 6.45) is 0. The van der Waals surface area contributed by atoms with E-state index in [9.17, 15) is 4.79 Å². The number of hydrogen-bond donors (Lipinski definition) is 2. The average molecular weight is 181 g/mol. The van der Waals surface area contributed by atoms with Crippen molar-refractivity contribution in [3.8, 4) is 5.88 Å². The van der Waals surface area contributed by atoms with Gasteiger partial charge in [0.15, 0.2) is 0 Å². The molecule has 1 amide bonds. The van der Waals surface area contributed by atoms with Gasteiger partial charge in [-0.15, -0.1) is 0 Å². The van der Waals surface area contributed by atoms with Crippen LogP contribution in [-0.4, -0.2) is 18.0 Å². The third-order valence-electron chi connectivity index (χ3n) is 1.68. The molecule has 0 aliphatic rings. The number of amides is 1. The molecule has 5 nitrogen and oxygen atoms in total. The predicted octanol–water partition coefficient (Wildman–Crippen LogP) is 0.0797. The van der Waals surface area contributed by atoms with Crippen molar-refractivity contribution in [2.75, 3.05) is 12.8 Å². The molecule has 0 spiro atoms. The topological polar surface area (TPSA) is 91.2 Å². The highest BCUT2D eigenvalue weighted by molar-refractivity contribution is 5.98. The molecule has 0 radical (unpaired) electrons. The van der Waals surface area contributed by atoms with Crippen LogP contribution >= 0.6 is 0 Å². The van der Waals surface area contributed by atoms with Crippen LogP contribution in [0.3, 0.4) is 0 Å². The lowest BCUT2D eigenvalue weighted by Crippen LogP contribution is -2.16. The van der Waals surface area contributed by atoms with Gasteiger partial charge in [0.2, 0.25) is 5.88 Å². The number of methoxy groups -OCH3 is 1. The maximum Gasteiger partial charge on any atom is 0.252 e. The summed E-state index contributed by atoms with van der Waals surface area (Å²) in [4.78, 5) is 14.7. The first kappa shape index (κ1) is 9.31. The molecule has 0 aromatic carbocycles. The fraction of sp³-hybridized carbons (Fsp3) is 0.250. The first-order chi connectivity index (χ1) is 6.06. The standard InChI is InChI=1S/C8H11N3O2/c1-4-3-5(13-2)11-7(9)6(4)8(10)12/h3H,1-2H3,(H2,9,11)(H2,10,12). The van der Waals surface area contributed by atoms with Gasteiger partial charge in [0.25, 0.3) is 5.91 Å². The smallest absolute Gasteiger partial charge is 0.252 e. The van der Waals surface area contributed by atoms with Gasteiger partial charge in [-0.25, -0.2) is 0 Å². The molecule has 70 valence electrons. The van der Waals surface area contributed by atoms with Crippen LogP contribution in [-0.2, 0) is 0 Å². The van der Waals surface area contributed by atoms with Gasteiger partial charge < -0.3 is 16.2 Å². The highest BCUT2D eigenvalue weighted by atomic mass is 16.5. The Kier molecular flexibility index (Phi) is 2.36. The molecule has 0 saturated carbocycles. The van der Waals surface area contributed by atoms with E-state index in [0.717, 1.165) is 0 Å². The number of aromatic nitrogens is 1. The molecule has 0 saturated heterocycles. The average Bonchev–Trinajstić information content (AvgIpc) is 2.02. The molecule has 1 rings (SSSR count). The maximum atomic E-state index is 10.9. The Morgan fingerprint density at radius 1 is 1.62 bits per heavy atom. The molecule has 0 fully saturated rings. The van der Waals surface area contributed by atoms with Crippen LogP contribution in [0.5, 0.6) is 5.88 Å². The van der Waals surface area contributed by atoms with E-state index >= 15 is 0 Å². The van der Waals surface area contributed by atoms with Gasteiger partial charge in [0.1, 0.15) is 5.82 Å². The Bertz CT molecular complexity index is 326. The number of primary amides is 1. The van der Waals surface area contributed by atoms with E-state index in [1.54, 1.807) is 13.0 Å². The minimum Gasteiger partial charge on any atom is -0.481 e. The number of carbonyl (C=O) groups is 1. The summed E-state index contributed by atoms with van der Waals surface area (Å²) in [5, 5.41) is 0. The highest BCUT2D eigenvalue weighted by Gasteiger charge is 2.12. The Balaban J connectivity index is 3.31. The Morgan fingerprint density at radius 2 is 2.23 bits per heavy atom. The minimum atomic E-state index is -0.579. The molecule has 1 heterocycles. The van der Waals surface area contributed by atoms with Crippen molar-refractivity contribution in [2.24, 2.45) is 5.73 Å². The molecule has 13 heavy (non-hydrogen) atoms. The molecule has 0 aliphatic carbocycles. The van der Waals surface area contributed by atoms with Crippen LogP contribution < -0.4 is 16.2 Å². The molecule has 1 aromatic rings. The zero-order valence-electron chi connectivity index (χ0n) is 7.50. The number of nitrogens with zero attached hydrogens (tertiary/aromatic N) is 1. The second kappa shape index (κ2) is 3.30. The number of aryl methyl sites for hydroxylation is 1. The third kappa shape index (κ3) is 1.69. The van der Waals surface area contributed by atoms with Crippen LogP contribution in [0.1, 0.15) is 15.9 Å². The number of rotatable bonds is 2. The van der Waals surface area contributed by atoms with E-state index in [0.29, 0.717) is 11.4 Å². The zero-order chi connectivity index (χ0) is 10.0.